The molecule has 110 valence electrons. The average Bonchev–Trinajstić information content (AvgIpc) is 3.08. The highest BCUT2D eigenvalue weighted by molar-refractivity contribution is 5.80. The largest absolute Gasteiger partial charge is 0.341 e. The van der Waals surface area contributed by atoms with Gasteiger partial charge in [0.1, 0.15) is 0 Å². The lowest BCUT2D eigenvalue weighted by Gasteiger charge is -2.12. The molecule has 0 amide bonds. The molecule has 3 heteroatoms. The number of benzene rings is 1. The molecule has 3 aromatic rings. The van der Waals surface area contributed by atoms with Crippen LogP contribution in [0, 0.1) is 6.92 Å². The van der Waals surface area contributed by atoms with Gasteiger partial charge in [-0.1, -0.05) is 25.5 Å². The summed E-state index contributed by atoms with van der Waals surface area (Å²) < 4.78 is 4.39. The predicted molar refractivity (Wildman–Crippen MR) is 87.6 cm³/mol. The lowest BCUT2D eigenvalue weighted by atomic mass is 10.2. The van der Waals surface area contributed by atoms with E-state index in [1.807, 2.05) is 0 Å². The lowest BCUT2D eigenvalue weighted by Crippen LogP contribution is -2.08. The number of aryl methyl sites for hydroxylation is 1. The van der Waals surface area contributed by atoms with Gasteiger partial charge in [-0.25, -0.2) is 0 Å². The van der Waals surface area contributed by atoms with Gasteiger partial charge in [0.05, 0.1) is 18.3 Å². The van der Waals surface area contributed by atoms with Crippen molar-refractivity contribution in [3.63, 3.8) is 0 Å². The Balaban J connectivity index is 1.85. The number of hydrogen-bond donors (Lipinski definition) is 0. The molecule has 0 aliphatic carbocycles. The minimum atomic E-state index is 0.516. The van der Waals surface area contributed by atoms with Crippen molar-refractivity contribution >= 4 is 10.9 Å². The molecule has 0 N–H and O–H groups in total. The third-order valence-electron chi connectivity index (χ3n) is 4.24. The van der Waals surface area contributed by atoms with E-state index in [2.05, 4.69) is 72.7 Å². The first-order valence-corrected chi connectivity index (χ1v) is 7.80. The molecule has 0 aliphatic heterocycles. The van der Waals surface area contributed by atoms with E-state index in [0.29, 0.717) is 6.04 Å². The first-order valence-electron chi connectivity index (χ1n) is 7.80. The summed E-state index contributed by atoms with van der Waals surface area (Å²) >= 11 is 0. The molecule has 0 bridgehead atoms. The monoisotopic (exact) mass is 281 g/mol. The van der Waals surface area contributed by atoms with Crippen LogP contribution >= 0.6 is 0 Å². The van der Waals surface area contributed by atoms with Gasteiger partial charge in [-0.2, -0.15) is 5.10 Å². The van der Waals surface area contributed by atoms with Gasteiger partial charge in [0.25, 0.3) is 0 Å². The molecule has 0 saturated heterocycles. The summed E-state index contributed by atoms with van der Waals surface area (Å²) in [4.78, 5) is 0. The Morgan fingerprint density at radius 1 is 1.05 bits per heavy atom. The third kappa shape index (κ3) is 2.73. The van der Waals surface area contributed by atoms with Crippen LogP contribution in [0.4, 0.5) is 0 Å². The van der Waals surface area contributed by atoms with Crippen LogP contribution in [0.5, 0.6) is 0 Å². The van der Waals surface area contributed by atoms with Crippen LogP contribution in [0.15, 0.2) is 42.7 Å². The summed E-state index contributed by atoms with van der Waals surface area (Å²) in [5, 5.41) is 6.05. The summed E-state index contributed by atoms with van der Waals surface area (Å²) in [6, 6.07) is 11.4. The third-order valence-corrected chi connectivity index (χ3v) is 4.24. The molecular formula is C18H23N3. The molecule has 0 aliphatic rings. The Morgan fingerprint density at radius 2 is 1.86 bits per heavy atom. The van der Waals surface area contributed by atoms with E-state index in [-0.39, 0.29) is 0 Å². The fourth-order valence-corrected chi connectivity index (χ4v) is 2.96. The van der Waals surface area contributed by atoms with Crippen molar-refractivity contribution in [2.24, 2.45) is 0 Å². The number of aromatic nitrogens is 3. The van der Waals surface area contributed by atoms with Crippen molar-refractivity contribution in [1.82, 2.24) is 14.3 Å². The van der Waals surface area contributed by atoms with E-state index >= 15 is 0 Å². The van der Waals surface area contributed by atoms with Crippen LogP contribution in [-0.4, -0.2) is 14.3 Å². The number of nitrogens with zero attached hydrogens (tertiary/aromatic N) is 3. The molecular weight excluding hydrogens is 258 g/mol. The highest BCUT2D eigenvalue weighted by Gasteiger charge is 2.09. The lowest BCUT2D eigenvalue weighted by molar-refractivity contribution is 0.425. The Kier molecular flexibility index (Phi) is 3.82. The van der Waals surface area contributed by atoms with Crippen molar-refractivity contribution in [3.8, 4) is 0 Å². The first-order chi connectivity index (χ1) is 10.2. The van der Waals surface area contributed by atoms with Gasteiger partial charge in [0.2, 0.25) is 0 Å². The molecule has 0 spiro atoms. The molecule has 0 fully saturated rings. The van der Waals surface area contributed by atoms with Crippen LogP contribution in [-0.2, 0) is 6.54 Å². The van der Waals surface area contributed by atoms with Gasteiger partial charge in [-0.05, 0) is 49.4 Å². The molecule has 2 heterocycles. The zero-order valence-electron chi connectivity index (χ0n) is 13.1. The van der Waals surface area contributed by atoms with Crippen LogP contribution in [0.2, 0.25) is 0 Å². The summed E-state index contributed by atoms with van der Waals surface area (Å²) in [6.07, 6.45) is 6.52. The van der Waals surface area contributed by atoms with Gasteiger partial charge < -0.3 is 4.57 Å². The second kappa shape index (κ2) is 5.76. The maximum absolute atomic E-state index is 4.75. The van der Waals surface area contributed by atoms with E-state index in [1.54, 1.807) is 0 Å². The highest BCUT2D eigenvalue weighted by Crippen LogP contribution is 2.19. The summed E-state index contributed by atoms with van der Waals surface area (Å²) in [7, 11) is 0. The molecule has 0 saturated carbocycles. The second-order valence-corrected chi connectivity index (χ2v) is 5.76. The predicted octanol–water partition coefficient (Wildman–Crippen LogP) is 4.56. The molecule has 3 nitrogen and oxygen atoms in total. The molecule has 0 atom stereocenters. The number of fused-ring (bicyclic) bond motifs is 1. The summed E-state index contributed by atoms with van der Waals surface area (Å²) in [6.45, 7) is 7.41. The standard InChI is InChI=1S/C18H23N3/c1-4-17(5-2)21-11-9-16(19-21)13-20-10-8-15-12-14(3)6-7-18(15)20/h6-12,17H,4-5,13H2,1-3H3. The fraction of sp³-hybridized carbons (Fsp3) is 0.389. The SMILES string of the molecule is CCC(CC)n1ccc(Cn2ccc3cc(C)ccc32)n1. The minimum Gasteiger partial charge on any atom is -0.341 e. The Labute approximate surface area is 126 Å². The van der Waals surface area contributed by atoms with E-state index in [1.165, 1.54) is 16.5 Å². The zero-order chi connectivity index (χ0) is 14.8. The van der Waals surface area contributed by atoms with Crippen LogP contribution in [0.3, 0.4) is 0 Å². The minimum absolute atomic E-state index is 0.516. The van der Waals surface area contributed by atoms with E-state index in [9.17, 15) is 0 Å². The summed E-state index contributed by atoms with van der Waals surface area (Å²) in [5.74, 6) is 0. The molecule has 2 aromatic heterocycles. The smallest absolute Gasteiger partial charge is 0.0821 e. The Hall–Kier alpha value is -2.03. The number of hydrogen-bond acceptors (Lipinski definition) is 1. The highest BCUT2D eigenvalue weighted by atomic mass is 15.3. The first kappa shape index (κ1) is 13.9. The molecule has 21 heavy (non-hydrogen) atoms. The van der Waals surface area contributed by atoms with Gasteiger partial charge >= 0.3 is 0 Å². The summed E-state index contributed by atoms with van der Waals surface area (Å²) in [5.41, 5.74) is 3.70. The van der Waals surface area contributed by atoms with Gasteiger partial charge in [-0.15, -0.1) is 0 Å². The average molecular weight is 281 g/mol. The van der Waals surface area contributed by atoms with Gasteiger partial charge in [0, 0.05) is 17.9 Å². The quantitative estimate of drug-likeness (QED) is 0.672. The second-order valence-electron chi connectivity index (χ2n) is 5.76. The molecule has 1 aromatic carbocycles. The number of rotatable bonds is 5. The van der Waals surface area contributed by atoms with Crippen LogP contribution < -0.4 is 0 Å². The topological polar surface area (TPSA) is 22.8 Å². The molecule has 3 rings (SSSR count). The normalized spacial score (nSPS) is 11.6. The van der Waals surface area contributed by atoms with Gasteiger partial charge in [0.15, 0.2) is 0 Å². The zero-order valence-corrected chi connectivity index (χ0v) is 13.1. The van der Waals surface area contributed by atoms with Crippen LogP contribution in [0.25, 0.3) is 10.9 Å². The maximum atomic E-state index is 4.75. The van der Waals surface area contributed by atoms with Gasteiger partial charge in [-0.3, -0.25) is 4.68 Å². The van der Waals surface area contributed by atoms with Crippen molar-refractivity contribution < 1.29 is 0 Å². The van der Waals surface area contributed by atoms with Crippen molar-refractivity contribution in [1.29, 1.82) is 0 Å². The van der Waals surface area contributed by atoms with E-state index in [4.69, 9.17) is 5.10 Å². The van der Waals surface area contributed by atoms with E-state index in [0.717, 1.165) is 25.1 Å². The maximum Gasteiger partial charge on any atom is 0.0821 e. The Morgan fingerprint density at radius 3 is 2.62 bits per heavy atom. The van der Waals surface area contributed by atoms with Crippen molar-refractivity contribution in [3.05, 3.63) is 54.0 Å². The van der Waals surface area contributed by atoms with Crippen molar-refractivity contribution in [2.45, 2.75) is 46.2 Å². The van der Waals surface area contributed by atoms with Crippen molar-refractivity contribution in [2.75, 3.05) is 0 Å². The van der Waals surface area contributed by atoms with Crippen LogP contribution in [0.1, 0.15) is 44.0 Å². The molecule has 0 unspecified atom stereocenters. The Bertz CT molecular complexity index is 732. The molecule has 0 radical (unpaired) electrons. The van der Waals surface area contributed by atoms with E-state index < -0.39 is 0 Å². The fourth-order valence-electron chi connectivity index (χ4n) is 2.96.